The van der Waals surface area contributed by atoms with Gasteiger partial charge in [-0.25, -0.2) is 0 Å². The molecule has 1 aromatic heterocycles. The molecule has 2 atom stereocenters. The average Bonchev–Trinajstić information content (AvgIpc) is 2.91. The van der Waals surface area contributed by atoms with Gasteiger partial charge in [0.2, 0.25) is 0 Å². The number of amides is 1. The molecule has 3 heterocycles. The molecule has 0 spiro atoms. The van der Waals surface area contributed by atoms with Gasteiger partial charge < -0.3 is 14.4 Å². The maximum absolute atomic E-state index is 12.9. The third kappa shape index (κ3) is 3.15. The fraction of sp³-hybridized carbons (Fsp3) is 0.765. The Labute approximate surface area is 137 Å². The SMILES string of the molecule is CCOC1(C)CCN(C(=O)c2n[nH]c3c2C[C@H](C)O[C@@H]3C)CC1. The molecule has 0 radical (unpaired) electrons. The molecule has 3 rings (SSSR count). The smallest absolute Gasteiger partial charge is 0.274 e. The van der Waals surface area contributed by atoms with Crippen LogP contribution in [-0.2, 0) is 15.9 Å². The second kappa shape index (κ2) is 6.24. The van der Waals surface area contributed by atoms with Crippen molar-refractivity contribution in [3.05, 3.63) is 17.0 Å². The predicted octanol–water partition coefficient (Wildman–Crippen LogP) is 2.46. The van der Waals surface area contributed by atoms with Crippen LogP contribution in [0.4, 0.5) is 0 Å². The number of hydrogen-bond acceptors (Lipinski definition) is 4. The predicted molar refractivity (Wildman–Crippen MR) is 86.4 cm³/mol. The zero-order valence-electron chi connectivity index (χ0n) is 14.5. The van der Waals surface area contributed by atoms with E-state index in [1.165, 1.54) is 0 Å². The number of piperidine rings is 1. The second-order valence-corrected chi connectivity index (χ2v) is 6.93. The third-order valence-corrected chi connectivity index (χ3v) is 5.04. The van der Waals surface area contributed by atoms with E-state index in [1.54, 1.807) is 0 Å². The first-order valence-electron chi connectivity index (χ1n) is 8.59. The molecule has 1 fully saturated rings. The molecule has 2 aliphatic heterocycles. The van der Waals surface area contributed by atoms with Gasteiger partial charge in [-0.05, 0) is 40.5 Å². The van der Waals surface area contributed by atoms with E-state index in [-0.39, 0.29) is 23.7 Å². The van der Waals surface area contributed by atoms with Crippen LogP contribution in [0.5, 0.6) is 0 Å². The van der Waals surface area contributed by atoms with E-state index in [0.717, 1.165) is 43.6 Å². The molecule has 6 heteroatoms. The molecular formula is C17H27N3O3. The minimum Gasteiger partial charge on any atom is -0.375 e. The van der Waals surface area contributed by atoms with E-state index in [1.807, 2.05) is 25.7 Å². The Bertz CT molecular complexity index is 576. The van der Waals surface area contributed by atoms with Crippen LogP contribution in [0, 0.1) is 0 Å². The summed E-state index contributed by atoms with van der Waals surface area (Å²) in [6.07, 6.45) is 2.56. The third-order valence-electron chi connectivity index (χ3n) is 5.04. The number of nitrogens with one attached hydrogen (secondary N) is 1. The number of carbonyl (C=O) groups excluding carboxylic acids is 1. The van der Waals surface area contributed by atoms with Crippen molar-refractivity contribution in [3.63, 3.8) is 0 Å². The highest BCUT2D eigenvalue weighted by atomic mass is 16.5. The summed E-state index contributed by atoms with van der Waals surface area (Å²) in [6, 6.07) is 0. The molecule has 23 heavy (non-hydrogen) atoms. The number of carbonyl (C=O) groups is 1. The number of rotatable bonds is 3. The topological polar surface area (TPSA) is 67.5 Å². The van der Waals surface area contributed by atoms with Gasteiger partial charge in [0.05, 0.1) is 23.5 Å². The van der Waals surface area contributed by atoms with Crippen molar-refractivity contribution in [1.82, 2.24) is 15.1 Å². The molecular weight excluding hydrogens is 294 g/mol. The molecule has 128 valence electrons. The number of aromatic amines is 1. The minimum absolute atomic E-state index is 0.0300. The van der Waals surface area contributed by atoms with E-state index in [2.05, 4.69) is 17.1 Å². The van der Waals surface area contributed by atoms with Crippen LogP contribution in [0.3, 0.4) is 0 Å². The Morgan fingerprint density at radius 1 is 1.43 bits per heavy atom. The lowest BCUT2D eigenvalue weighted by atomic mass is 9.92. The monoisotopic (exact) mass is 321 g/mol. The van der Waals surface area contributed by atoms with Crippen LogP contribution < -0.4 is 0 Å². The van der Waals surface area contributed by atoms with Crippen LogP contribution in [0.1, 0.15) is 68.4 Å². The summed E-state index contributed by atoms with van der Waals surface area (Å²) in [4.78, 5) is 14.8. The van der Waals surface area contributed by atoms with Crippen molar-refractivity contribution >= 4 is 5.91 Å². The van der Waals surface area contributed by atoms with Gasteiger partial charge in [-0.15, -0.1) is 0 Å². The zero-order valence-corrected chi connectivity index (χ0v) is 14.5. The molecule has 0 saturated carbocycles. The maximum Gasteiger partial charge on any atom is 0.274 e. The van der Waals surface area contributed by atoms with Gasteiger partial charge in [0.1, 0.15) is 0 Å². The highest BCUT2D eigenvalue weighted by Crippen LogP contribution is 2.32. The molecule has 0 aliphatic carbocycles. The summed E-state index contributed by atoms with van der Waals surface area (Å²) >= 11 is 0. The molecule has 0 bridgehead atoms. The van der Waals surface area contributed by atoms with Crippen molar-refractivity contribution in [1.29, 1.82) is 0 Å². The lowest BCUT2D eigenvalue weighted by Crippen LogP contribution is -2.46. The number of nitrogens with zero attached hydrogens (tertiary/aromatic N) is 2. The zero-order chi connectivity index (χ0) is 16.6. The van der Waals surface area contributed by atoms with Crippen molar-refractivity contribution in [2.45, 2.75) is 64.8 Å². The van der Waals surface area contributed by atoms with Gasteiger partial charge in [0, 0.05) is 31.7 Å². The maximum atomic E-state index is 12.9. The Morgan fingerprint density at radius 3 is 2.78 bits per heavy atom. The quantitative estimate of drug-likeness (QED) is 0.928. The molecule has 1 aromatic rings. The van der Waals surface area contributed by atoms with Crippen molar-refractivity contribution in [3.8, 4) is 0 Å². The van der Waals surface area contributed by atoms with Crippen molar-refractivity contribution in [2.75, 3.05) is 19.7 Å². The Balaban J connectivity index is 1.73. The normalized spacial score (nSPS) is 26.9. The summed E-state index contributed by atoms with van der Waals surface area (Å²) in [7, 11) is 0. The van der Waals surface area contributed by atoms with E-state index in [0.29, 0.717) is 12.3 Å². The van der Waals surface area contributed by atoms with Gasteiger partial charge in [-0.2, -0.15) is 5.10 Å². The lowest BCUT2D eigenvalue weighted by molar-refractivity contribution is -0.0612. The fourth-order valence-electron chi connectivity index (χ4n) is 3.68. The van der Waals surface area contributed by atoms with Gasteiger partial charge >= 0.3 is 0 Å². The van der Waals surface area contributed by atoms with Gasteiger partial charge in [-0.3, -0.25) is 9.89 Å². The molecule has 1 N–H and O–H groups in total. The Hall–Kier alpha value is -1.40. The summed E-state index contributed by atoms with van der Waals surface area (Å²) in [5, 5.41) is 7.31. The van der Waals surface area contributed by atoms with Gasteiger partial charge in [-0.1, -0.05) is 0 Å². The first-order valence-corrected chi connectivity index (χ1v) is 8.59. The first-order chi connectivity index (χ1) is 10.9. The summed E-state index contributed by atoms with van der Waals surface area (Å²) in [5.41, 5.74) is 2.44. The number of ether oxygens (including phenoxy) is 2. The minimum atomic E-state index is -0.104. The number of fused-ring (bicyclic) bond motifs is 1. The summed E-state index contributed by atoms with van der Waals surface area (Å²) in [5.74, 6) is 0.0300. The van der Waals surface area contributed by atoms with Crippen molar-refractivity contribution in [2.24, 2.45) is 0 Å². The summed E-state index contributed by atoms with van der Waals surface area (Å²) < 4.78 is 11.6. The van der Waals surface area contributed by atoms with E-state index in [4.69, 9.17) is 9.47 Å². The van der Waals surface area contributed by atoms with Crippen LogP contribution in [-0.4, -0.2) is 52.4 Å². The van der Waals surface area contributed by atoms with E-state index in [9.17, 15) is 4.79 Å². The number of aromatic nitrogens is 2. The Morgan fingerprint density at radius 2 is 2.13 bits per heavy atom. The number of hydrogen-bond donors (Lipinski definition) is 1. The Kier molecular flexibility index (Phi) is 4.47. The number of H-pyrrole nitrogens is 1. The van der Waals surface area contributed by atoms with Crippen LogP contribution >= 0.6 is 0 Å². The fourth-order valence-corrected chi connectivity index (χ4v) is 3.68. The molecule has 1 amide bonds. The first kappa shape index (κ1) is 16.5. The number of likely N-dealkylation sites (tertiary alicyclic amines) is 1. The molecule has 0 aromatic carbocycles. The summed E-state index contributed by atoms with van der Waals surface area (Å²) in [6.45, 7) is 10.3. The average molecular weight is 321 g/mol. The largest absolute Gasteiger partial charge is 0.375 e. The molecule has 6 nitrogen and oxygen atoms in total. The van der Waals surface area contributed by atoms with Gasteiger partial charge in [0.25, 0.3) is 5.91 Å². The van der Waals surface area contributed by atoms with E-state index >= 15 is 0 Å². The van der Waals surface area contributed by atoms with Crippen molar-refractivity contribution < 1.29 is 14.3 Å². The highest BCUT2D eigenvalue weighted by Gasteiger charge is 2.35. The highest BCUT2D eigenvalue weighted by molar-refractivity contribution is 5.94. The van der Waals surface area contributed by atoms with Crippen LogP contribution in [0.25, 0.3) is 0 Å². The lowest BCUT2D eigenvalue weighted by Gasteiger charge is -2.39. The second-order valence-electron chi connectivity index (χ2n) is 6.93. The molecule has 2 aliphatic rings. The van der Waals surface area contributed by atoms with Crippen LogP contribution in [0.15, 0.2) is 0 Å². The molecule has 0 unspecified atom stereocenters. The molecule has 1 saturated heterocycles. The van der Waals surface area contributed by atoms with Crippen LogP contribution in [0.2, 0.25) is 0 Å². The standard InChI is InChI=1S/C17H27N3O3/c1-5-22-17(4)6-8-20(9-7-17)16(21)15-13-10-11(2)23-12(3)14(13)18-19-15/h11-12H,5-10H2,1-4H3,(H,18,19)/t11-,12+/m0/s1. The van der Waals surface area contributed by atoms with E-state index < -0.39 is 0 Å². The van der Waals surface area contributed by atoms with Gasteiger partial charge in [0.15, 0.2) is 5.69 Å².